The molecule has 2 aromatic carbocycles. The lowest BCUT2D eigenvalue weighted by Crippen LogP contribution is -2.38. The molecule has 0 unspecified atom stereocenters. The van der Waals surface area contributed by atoms with Gasteiger partial charge in [0.15, 0.2) is 0 Å². The van der Waals surface area contributed by atoms with Crippen molar-refractivity contribution in [2.45, 2.75) is 0 Å². The Morgan fingerprint density at radius 2 is 2.10 bits per heavy atom. The van der Waals surface area contributed by atoms with Crippen molar-refractivity contribution < 1.29 is 13.9 Å². The number of benzene rings is 2. The molecule has 0 saturated carbocycles. The number of hydrogen-bond acceptors (Lipinski definition) is 2. The van der Waals surface area contributed by atoms with Gasteiger partial charge in [0.05, 0.1) is 12.2 Å². The van der Waals surface area contributed by atoms with Crippen molar-refractivity contribution in [3.8, 4) is 5.75 Å². The highest BCUT2D eigenvalue weighted by atomic mass is 35.5. The molecular formula is C15H11ClFNO2. The van der Waals surface area contributed by atoms with Gasteiger partial charge in [-0.2, -0.15) is 0 Å². The molecule has 0 aromatic heterocycles. The second kappa shape index (κ2) is 5.13. The molecule has 0 aliphatic carbocycles. The number of carbonyl (C=O) groups excluding carboxylic acids is 1. The number of halogens is 2. The first-order chi connectivity index (χ1) is 9.65. The predicted octanol–water partition coefficient (Wildman–Crippen LogP) is 3.52. The fraction of sp³-hybridized carbons (Fsp3) is 0.133. The summed E-state index contributed by atoms with van der Waals surface area (Å²) in [6, 6.07) is 10.7. The molecule has 2 aromatic rings. The number of fused-ring (bicyclic) bond motifs is 1. The zero-order valence-corrected chi connectivity index (χ0v) is 11.2. The van der Waals surface area contributed by atoms with Crippen molar-refractivity contribution in [1.82, 2.24) is 0 Å². The van der Waals surface area contributed by atoms with Crippen LogP contribution in [0.15, 0.2) is 42.5 Å². The molecule has 1 amide bonds. The molecule has 20 heavy (non-hydrogen) atoms. The van der Waals surface area contributed by atoms with Crippen LogP contribution in [0.3, 0.4) is 0 Å². The summed E-state index contributed by atoms with van der Waals surface area (Å²) in [6.07, 6.45) is 0. The Morgan fingerprint density at radius 1 is 1.25 bits per heavy atom. The Morgan fingerprint density at radius 3 is 2.90 bits per heavy atom. The number of anilines is 1. The largest absolute Gasteiger partial charge is 0.490 e. The van der Waals surface area contributed by atoms with Crippen LogP contribution in [-0.4, -0.2) is 19.1 Å². The van der Waals surface area contributed by atoms with Crippen LogP contribution in [0.1, 0.15) is 10.4 Å². The first-order valence-electron chi connectivity index (χ1n) is 6.15. The molecule has 3 nitrogen and oxygen atoms in total. The van der Waals surface area contributed by atoms with Gasteiger partial charge >= 0.3 is 0 Å². The third-order valence-corrected chi connectivity index (χ3v) is 3.34. The number of hydrogen-bond donors (Lipinski definition) is 0. The topological polar surface area (TPSA) is 29.5 Å². The number of ether oxygens (including phenoxy) is 1. The van der Waals surface area contributed by atoms with Gasteiger partial charge in [-0.25, -0.2) is 4.39 Å². The molecule has 3 rings (SSSR count). The Labute approximate surface area is 120 Å². The number of amides is 1. The van der Waals surface area contributed by atoms with Crippen LogP contribution in [0.4, 0.5) is 10.1 Å². The van der Waals surface area contributed by atoms with Crippen LogP contribution >= 0.6 is 11.6 Å². The van der Waals surface area contributed by atoms with Crippen LogP contribution < -0.4 is 9.64 Å². The van der Waals surface area contributed by atoms with Gasteiger partial charge in [0.1, 0.15) is 18.2 Å². The molecule has 1 aliphatic heterocycles. The molecule has 102 valence electrons. The van der Waals surface area contributed by atoms with Gasteiger partial charge in [-0.1, -0.05) is 17.7 Å². The number of rotatable bonds is 1. The third-order valence-electron chi connectivity index (χ3n) is 3.10. The van der Waals surface area contributed by atoms with Crippen molar-refractivity contribution in [2.24, 2.45) is 0 Å². The van der Waals surface area contributed by atoms with E-state index in [1.807, 2.05) is 0 Å². The summed E-state index contributed by atoms with van der Waals surface area (Å²) in [7, 11) is 0. The summed E-state index contributed by atoms with van der Waals surface area (Å²) in [5.74, 6) is -0.0999. The highest BCUT2D eigenvalue weighted by Gasteiger charge is 2.25. The second-order valence-corrected chi connectivity index (χ2v) is 4.86. The lowest BCUT2D eigenvalue weighted by molar-refractivity contribution is 0.0976. The highest BCUT2D eigenvalue weighted by Crippen LogP contribution is 2.34. The Hall–Kier alpha value is -2.07. The van der Waals surface area contributed by atoms with E-state index in [4.69, 9.17) is 16.3 Å². The van der Waals surface area contributed by atoms with Crippen LogP contribution in [-0.2, 0) is 0 Å². The molecular weight excluding hydrogens is 281 g/mol. The van der Waals surface area contributed by atoms with Crippen LogP contribution in [0.25, 0.3) is 0 Å². The SMILES string of the molecule is O=C(c1cccc(F)c1)N1CCOc2ccc(Cl)cc21. The van der Waals surface area contributed by atoms with E-state index in [2.05, 4.69) is 0 Å². The van der Waals surface area contributed by atoms with E-state index in [9.17, 15) is 9.18 Å². The van der Waals surface area contributed by atoms with Crippen molar-refractivity contribution in [1.29, 1.82) is 0 Å². The first-order valence-corrected chi connectivity index (χ1v) is 6.53. The van der Waals surface area contributed by atoms with E-state index in [0.29, 0.717) is 35.2 Å². The van der Waals surface area contributed by atoms with E-state index < -0.39 is 5.82 Å². The van der Waals surface area contributed by atoms with Gasteiger partial charge < -0.3 is 9.64 Å². The van der Waals surface area contributed by atoms with Gasteiger partial charge in [-0.3, -0.25) is 4.79 Å². The lowest BCUT2D eigenvalue weighted by atomic mass is 10.1. The summed E-state index contributed by atoms with van der Waals surface area (Å²) in [4.78, 5) is 14.0. The molecule has 0 fully saturated rings. The molecule has 0 N–H and O–H groups in total. The van der Waals surface area contributed by atoms with E-state index >= 15 is 0 Å². The van der Waals surface area contributed by atoms with E-state index in [1.54, 1.807) is 29.2 Å². The van der Waals surface area contributed by atoms with Crippen molar-refractivity contribution in [3.63, 3.8) is 0 Å². The molecule has 0 atom stereocenters. The van der Waals surface area contributed by atoms with Gasteiger partial charge in [0, 0.05) is 10.6 Å². The number of nitrogens with zero attached hydrogens (tertiary/aromatic N) is 1. The lowest BCUT2D eigenvalue weighted by Gasteiger charge is -2.29. The Kier molecular flexibility index (Phi) is 3.32. The molecule has 0 spiro atoms. The van der Waals surface area contributed by atoms with E-state index in [0.717, 1.165) is 0 Å². The van der Waals surface area contributed by atoms with Crippen LogP contribution in [0.5, 0.6) is 5.75 Å². The van der Waals surface area contributed by atoms with Gasteiger partial charge in [-0.15, -0.1) is 0 Å². The quantitative estimate of drug-likeness (QED) is 0.804. The summed E-state index contributed by atoms with van der Waals surface area (Å²) in [5, 5.41) is 0.520. The van der Waals surface area contributed by atoms with Crippen molar-refractivity contribution in [3.05, 3.63) is 58.9 Å². The molecule has 1 heterocycles. The standard InChI is InChI=1S/C15H11ClFNO2/c16-11-4-5-14-13(9-11)18(6-7-20-14)15(19)10-2-1-3-12(17)8-10/h1-5,8-9H,6-7H2. The van der Waals surface area contributed by atoms with Gasteiger partial charge in [0.25, 0.3) is 5.91 Å². The minimum Gasteiger partial charge on any atom is -0.490 e. The maximum Gasteiger partial charge on any atom is 0.258 e. The smallest absolute Gasteiger partial charge is 0.258 e. The van der Waals surface area contributed by atoms with Crippen LogP contribution in [0, 0.1) is 5.82 Å². The summed E-state index contributed by atoms with van der Waals surface area (Å²) < 4.78 is 18.7. The van der Waals surface area contributed by atoms with Gasteiger partial charge in [0.2, 0.25) is 0 Å². The minimum atomic E-state index is -0.435. The third kappa shape index (κ3) is 2.34. The van der Waals surface area contributed by atoms with Crippen molar-refractivity contribution >= 4 is 23.2 Å². The fourth-order valence-corrected chi connectivity index (χ4v) is 2.35. The average molecular weight is 292 g/mol. The first kappa shape index (κ1) is 12.9. The molecule has 0 radical (unpaired) electrons. The van der Waals surface area contributed by atoms with Crippen LogP contribution in [0.2, 0.25) is 5.02 Å². The Bertz CT molecular complexity index is 675. The predicted molar refractivity (Wildman–Crippen MR) is 75.0 cm³/mol. The molecule has 0 bridgehead atoms. The van der Waals surface area contributed by atoms with Crippen molar-refractivity contribution in [2.75, 3.05) is 18.1 Å². The second-order valence-electron chi connectivity index (χ2n) is 4.43. The van der Waals surface area contributed by atoms with Gasteiger partial charge in [-0.05, 0) is 36.4 Å². The zero-order chi connectivity index (χ0) is 14.1. The summed E-state index contributed by atoms with van der Waals surface area (Å²) in [5.41, 5.74) is 0.913. The summed E-state index contributed by atoms with van der Waals surface area (Å²) in [6.45, 7) is 0.804. The fourth-order valence-electron chi connectivity index (χ4n) is 2.18. The highest BCUT2D eigenvalue weighted by molar-refractivity contribution is 6.31. The Balaban J connectivity index is 2.00. The molecule has 0 saturated heterocycles. The average Bonchev–Trinajstić information content (AvgIpc) is 2.46. The molecule has 5 heteroatoms. The number of carbonyl (C=O) groups is 1. The maximum absolute atomic E-state index is 13.2. The monoisotopic (exact) mass is 291 g/mol. The summed E-state index contributed by atoms with van der Waals surface area (Å²) >= 11 is 5.96. The van der Waals surface area contributed by atoms with E-state index in [-0.39, 0.29) is 5.91 Å². The normalized spacial score (nSPS) is 13.6. The minimum absolute atomic E-state index is 0.267. The zero-order valence-electron chi connectivity index (χ0n) is 10.5. The molecule has 1 aliphatic rings. The van der Waals surface area contributed by atoms with E-state index in [1.165, 1.54) is 18.2 Å². The maximum atomic E-state index is 13.2.